The van der Waals surface area contributed by atoms with E-state index in [2.05, 4.69) is 9.98 Å². The summed E-state index contributed by atoms with van der Waals surface area (Å²) in [5.74, 6) is 1.36. The molecule has 0 aliphatic carbocycles. The van der Waals surface area contributed by atoms with Crippen molar-refractivity contribution in [2.45, 2.75) is 26.3 Å². The van der Waals surface area contributed by atoms with Crippen LogP contribution < -0.4 is 0 Å². The maximum Gasteiger partial charge on any atom is 0.478 e. The molecular weight excluding hydrogens is 132 g/mol. The Hall–Kier alpha value is -1.06. The summed E-state index contributed by atoms with van der Waals surface area (Å²) in [4.78, 5) is 7.95. The predicted octanol–water partition coefficient (Wildman–Crippen LogP) is 0.885. The molecule has 1 atom stereocenters. The predicted molar refractivity (Wildman–Crippen MR) is 35.7 cm³/mol. The molecule has 2 aliphatic rings. The minimum Gasteiger partial charge on any atom is -0.402 e. The second kappa shape index (κ2) is 1.51. The van der Waals surface area contributed by atoms with Crippen molar-refractivity contribution in [1.82, 2.24) is 0 Å². The van der Waals surface area contributed by atoms with Gasteiger partial charge in [-0.2, -0.15) is 0 Å². The van der Waals surface area contributed by atoms with E-state index < -0.39 is 6.03 Å². The second-order valence-electron chi connectivity index (χ2n) is 2.24. The maximum absolute atomic E-state index is 5.12. The second-order valence-corrected chi connectivity index (χ2v) is 2.24. The van der Waals surface area contributed by atoms with Crippen LogP contribution in [0.1, 0.15) is 20.3 Å². The van der Waals surface area contributed by atoms with Crippen molar-refractivity contribution in [3.05, 3.63) is 0 Å². The summed E-state index contributed by atoms with van der Waals surface area (Å²) in [5.41, 5.74) is 0. The monoisotopic (exact) mass is 140 g/mol. The van der Waals surface area contributed by atoms with Gasteiger partial charge < -0.3 is 9.47 Å². The van der Waals surface area contributed by atoms with Crippen LogP contribution in [-0.4, -0.2) is 17.8 Å². The van der Waals surface area contributed by atoms with Crippen LogP contribution >= 0.6 is 0 Å². The third kappa shape index (κ3) is 0.558. The fourth-order valence-corrected chi connectivity index (χ4v) is 0.958. The summed E-state index contributed by atoms with van der Waals surface area (Å²) in [6, 6.07) is -0.935. The fraction of sp³-hybridized carbons (Fsp3) is 0.667. The summed E-state index contributed by atoms with van der Waals surface area (Å²) in [6.45, 7) is 3.75. The van der Waals surface area contributed by atoms with Crippen molar-refractivity contribution in [2.75, 3.05) is 0 Å². The van der Waals surface area contributed by atoms with E-state index in [0.717, 1.165) is 12.3 Å². The Labute approximate surface area is 58.6 Å². The third-order valence-electron chi connectivity index (χ3n) is 1.40. The molecule has 0 aromatic rings. The molecule has 1 unspecified atom stereocenters. The average molecular weight is 140 g/mol. The van der Waals surface area contributed by atoms with Crippen molar-refractivity contribution in [2.24, 2.45) is 9.98 Å². The SMILES string of the molecule is CCC1=NC2(N=C(C)O2)O1. The van der Waals surface area contributed by atoms with Crippen LogP contribution in [0.25, 0.3) is 0 Å². The lowest BCUT2D eigenvalue weighted by molar-refractivity contribution is -0.186. The van der Waals surface area contributed by atoms with Gasteiger partial charge in [0.1, 0.15) is 0 Å². The molecule has 2 rings (SSSR count). The highest BCUT2D eigenvalue weighted by Crippen LogP contribution is 2.34. The van der Waals surface area contributed by atoms with E-state index in [1.165, 1.54) is 0 Å². The van der Waals surface area contributed by atoms with Crippen LogP contribution in [0.3, 0.4) is 0 Å². The van der Waals surface area contributed by atoms with Gasteiger partial charge in [-0.1, -0.05) is 6.92 Å². The first-order chi connectivity index (χ1) is 4.74. The number of aliphatic imine (C=N–C) groups is 2. The Bertz CT molecular complexity index is 234. The molecule has 0 fully saturated rings. The Kier molecular flexibility index (Phi) is 0.859. The van der Waals surface area contributed by atoms with Crippen molar-refractivity contribution >= 4 is 11.8 Å². The van der Waals surface area contributed by atoms with Crippen molar-refractivity contribution in [3.8, 4) is 0 Å². The van der Waals surface area contributed by atoms with E-state index in [9.17, 15) is 0 Å². The molecule has 54 valence electrons. The zero-order valence-corrected chi connectivity index (χ0v) is 5.92. The number of hydrogen-bond acceptors (Lipinski definition) is 4. The highest BCUT2D eigenvalue weighted by molar-refractivity contribution is 5.85. The molecule has 0 bridgehead atoms. The smallest absolute Gasteiger partial charge is 0.402 e. The summed E-state index contributed by atoms with van der Waals surface area (Å²) in [5, 5.41) is 0. The van der Waals surface area contributed by atoms with Crippen LogP contribution in [-0.2, 0) is 9.47 Å². The molecule has 0 N–H and O–H groups in total. The molecule has 2 heterocycles. The first-order valence-electron chi connectivity index (χ1n) is 3.27. The summed E-state index contributed by atoms with van der Waals surface area (Å²) in [7, 11) is 0. The standard InChI is InChI=1S/C6H8N2O2/c1-3-5-8-6(10-5)7-4(2)9-6/h3H2,1-2H3. The molecule has 10 heavy (non-hydrogen) atoms. The van der Waals surface area contributed by atoms with Crippen molar-refractivity contribution in [3.63, 3.8) is 0 Å². The van der Waals surface area contributed by atoms with Gasteiger partial charge in [-0.15, -0.1) is 9.98 Å². The maximum atomic E-state index is 5.12. The quantitative estimate of drug-likeness (QED) is 0.542. The molecule has 1 spiro atoms. The minimum absolute atomic E-state index is 0.638. The van der Waals surface area contributed by atoms with Crippen LogP contribution in [0.2, 0.25) is 0 Å². The molecule has 0 aromatic carbocycles. The summed E-state index contributed by atoms with van der Waals surface area (Å²) in [6.07, 6.45) is 0.805. The molecule has 0 aromatic heterocycles. The van der Waals surface area contributed by atoms with Gasteiger partial charge in [0.05, 0.1) is 0 Å². The van der Waals surface area contributed by atoms with Gasteiger partial charge in [0.25, 0.3) is 0 Å². The largest absolute Gasteiger partial charge is 0.478 e. The highest BCUT2D eigenvalue weighted by atomic mass is 16.8. The van der Waals surface area contributed by atoms with Crippen LogP contribution in [0, 0.1) is 0 Å². The Morgan fingerprint density at radius 2 is 2.00 bits per heavy atom. The van der Waals surface area contributed by atoms with Crippen LogP contribution in [0.4, 0.5) is 0 Å². The van der Waals surface area contributed by atoms with Gasteiger partial charge in [-0.05, 0) is 0 Å². The van der Waals surface area contributed by atoms with E-state index in [4.69, 9.17) is 9.47 Å². The van der Waals surface area contributed by atoms with E-state index in [1.807, 2.05) is 6.92 Å². The summed E-state index contributed by atoms with van der Waals surface area (Å²) >= 11 is 0. The van der Waals surface area contributed by atoms with Crippen molar-refractivity contribution in [1.29, 1.82) is 0 Å². The number of hydrogen-bond donors (Lipinski definition) is 0. The summed E-state index contributed by atoms with van der Waals surface area (Å²) < 4.78 is 10.2. The topological polar surface area (TPSA) is 43.2 Å². The van der Waals surface area contributed by atoms with Gasteiger partial charge in [0.15, 0.2) is 5.90 Å². The first-order valence-corrected chi connectivity index (χ1v) is 3.27. The fourth-order valence-electron chi connectivity index (χ4n) is 0.958. The number of ether oxygens (including phenoxy) is 2. The molecule has 0 saturated carbocycles. The van der Waals surface area contributed by atoms with Crippen molar-refractivity contribution < 1.29 is 9.47 Å². The molecule has 2 aliphatic heterocycles. The van der Waals surface area contributed by atoms with E-state index >= 15 is 0 Å². The highest BCUT2D eigenvalue weighted by Gasteiger charge is 2.50. The van der Waals surface area contributed by atoms with Gasteiger partial charge in [0.2, 0.25) is 5.90 Å². The zero-order valence-electron chi connectivity index (χ0n) is 5.92. The number of rotatable bonds is 1. The Morgan fingerprint density at radius 1 is 1.40 bits per heavy atom. The average Bonchev–Trinajstić information content (AvgIpc) is 1.74. The first kappa shape index (κ1) is 5.70. The van der Waals surface area contributed by atoms with Gasteiger partial charge in [0, 0.05) is 13.3 Å². The molecular formula is C6H8N2O2. The van der Waals surface area contributed by atoms with E-state index in [-0.39, 0.29) is 0 Å². The Morgan fingerprint density at radius 3 is 2.40 bits per heavy atom. The normalized spacial score (nSPS) is 34.6. The van der Waals surface area contributed by atoms with Crippen LogP contribution in [0.5, 0.6) is 0 Å². The third-order valence-corrected chi connectivity index (χ3v) is 1.40. The molecule has 0 saturated heterocycles. The Balaban J connectivity index is 2.09. The zero-order chi connectivity index (χ0) is 7.19. The van der Waals surface area contributed by atoms with Gasteiger partial charge in [-0.25, -0.2) is 0 Å². The molecule has 4 nitrogen and oxygen atoms in total. The molecule has 4 heteroatoms. The lowest BCUT2D eigenvalue weighted by Gasteiger charge is -2.38. The molecule has 0 radical (unpaired) electrons. The van der Waals surface area contributed by atoms with Gasteiger partial charge in [-0.3, -0.25) is 0 Å². The van der Waals surface area contributed by atoms with Crippen LogP contribution in [0.15, 0.2) is 9.98 Å². The lowest BCUT2D eigenvalue weighted by atomic mass is 10.4. The van der Waals surface area contributed by atoms with E-state index in [1.54, 1.807) is 6.92 Å². The lowest BCUT2D eigenvalue weighted by Crippen LogP contribution is -2.51. The minimum atomic E-state index is -0.935. The molecule has 0 amide bonds. The van der Waals surface area contributed by atoms with E-state index in [0.29, 0.717) is 5.90 Å². The van der Waals surface area contributed by atoms with Gasteiger partial charge >= 0.3 is 6.03 Å². The number of nitrogens with zero attached hydrogens (tertiary/aromatic N) is 2.